The van der Waals surface area contributed by atoms with E-state index in [0.717, 1.165) is 0 Å². The summed E-state index contributed by atoms with van der Waals surface area (Å²) >= 11 is 11.8. The van der Waals surface area contributed by atoms with Crippen LogP contribution in [0.2, 0.25) is 10.0 Å². The smallest absolute Gasteiger partial charge is 0.273 e. The average Bonchev–Trinajstić information content (AvgIpc) is 2.41. The fourth-order valence-corrected chi connectivity index (χ4v) is 1.86. The summed E-state index contributed by atoms with van der Waals surface area (Å²) in [5.41, 5.74) is -0.0262. The van der Waals surface area contributed by atoms with E-state index in [1.807, 2.05) is 6.07 Å². The summed E-state index contributed by atoms with van der Waals surface area (Å²) in [6.07, 6.45) is 0. The molecule has 7 heteroatoms. The molecule has 0 bridgehead atoms. The zero-order valence-electron chi connectivity index (χ0n) is 9.84. The van der Waals surface area contributed by atoms with Gasteiger partial charge in [0.15, 0.2) is 5.75 Å². The Labute approximate surface area is 124 Å². The van der Waals surface area contributed by atoms with Gasteiger partial charge in [-0.2, -0.15) is 5.26 Å². The van der Waals surface area contributed by atoms with Crippen LogP contribution in [0.15, 0.2) is 36.4 Å². The van der Waals surface area contributed by atoms with Crippen LogP contribution in [0.4, 0.5) is 5.69 Å². The summed E-state index contributed by atoms with van der Waals surface area (Å²) in [4.78, 5) is 10.2. The minimum absolute atomic E-state index is 0.0830. The third-order valence-electron chi connectivity index (χ3n) is 2.43. The van der Waals surface area contributed by atoms with E-state index in [-0.39, 0.29) is 32.8 Å². The van der Waals surface area contributed by atoms with Gasteiger partial charge in [0, 0.05) is 6.07 Å². The van der Waals surface area contributed by atoms with Crippen LogP contribution in [0.25, 0.3) is 0 Å². The van der Waals surface area contributed by atoms with Gasteiger partial charge in [0.2, 0.25) is 0 Å². The Hall–Kier alpha value is -2.29. The van der Waals surface area contributed by atoms with Crippen LogP contribution in [0, 0.1) is 21.4 Å². The Morgan fingerprint density at radius 2 is 1.90 bits per heavy atom. The molecule has 0 amide bonds. The Balaban J connectivity index is 2.45. The number of non-ortho nitro benzene ring substituents is 1. The Kier molecular flexibility index (Phi) is 4.08. The second-order valence-electron chi connectivity index (χ2n) is 3.70. The molecule has 20 heavy (non-hydrogen) atoms. The Morgan fingerprint density at radius 3 is 2.55 bits per heavy atom. The summed E-state index contributed by atoms with van der Waals surface area (Å²) in [6.45, 7) is 0. The van der Waals surface area contributed by atoms with Gasteiger partial charge in [-0.15, -0.1) is 0 Å². The predicted octanol–water partition coefficient (Wildman–Crippen LogP) is 4.57. The first-order valence-electron chi connectivity index (χ1n) is 5.33. The van der Waals surface area contributed by atoms with Gasteiger partial charge in [-0.05, 0) is 18.2 Å². The standard InChI is InChI=1S/C13H6Cl2N2O3/c14-10-2-1-3-12(9(10)7-16)20-13-6-8(17(18)19)4-5-11(13)15/h1-6H. The number of hydrogen-bond acceptors (Lipinski definition) is 4. The van der Waals surface area contributed by atoms with Gasteiger partial charge < -0.3 is 4.74 Å². The SMILES string of the molecule is N#Cc1c(Cl)cccc1Oc1cc([N+](=O)[O-])ccc1Cl. The zero-order valence-corrected chi connectivity index (χ0v) is 11.4. The topological polar surface area (TPSA) is 76.2 Å². The molecule has 2 aromatic carbocycles. The van der Waals surface area contributed by atoms with E-state index < -0.39 is 4.92 Å². The maximum atomic E-state index is 10.7. The summed E-state index contributed by atoms with van der Waals surface area (Å²) in [7, 11) is 0. The third-order valence-corrected chi connectivity index (χ3v) is 3.06. The number of benzene rings is 2. The van der Waals surface area contributed by atoms with E-state index in [2.05, 4.69) is 0 Å². The Bertz CT molecular complexity index is 726. The van der Waals surface area contributed by atoms with Crippen molar-refractivity contribution in [2.24, 2.45) is 0 Å². The number of nitriles is 1. The van der Waals surface area contributed by atoms with E-state index in [9.17, 15) is 10.1 Å². The van der Waals surface area contributed by atoms with E-state index in [1.165, 1.54) is 24.3 Å². The molecular formula is C13H6Cl2N2O3. The van der Waals surface area contributed by atoms with Gasteiger partial charge in [0.25, 0.3) is 5.69 Å². The molecule has 0 heterocycles. The highest BCUT2D eigenvalue weighted by Gasteiger charge is 2.14. The van der Waals surface area contributed by atoms with Crippen LogP contribution in [0.5, 0.6) is 11.5 Å². The van der Waals surface area contributed by atoms with Gasteiger partial charge in [-0.25, -0.2) is 0 Å². The van der Waals surface area contributed by atoms with Crippen LogP contribution < -0.4 is 4.74 Å². The molecule has 0 fully saturated rings. The highest BCUT2D eigenvalue weighted by Crippen LogP contribution is 2.35. The normalized spacial score (nSPS) is 9.85. The highest BCUT2D eigenvalue weighted by atomic mass is 35.5. The fraction of sp³-hybridized carbons (Fsp3) is 0. The van der Waals surface area contributed by atoms with Crippen molar-refractivity contribution in [2.45, 2.75) is 0 Å². The summed E-state index contributed by atoms with van der Waals surface area (Å²) < 4.78 is 5.46. The molecule has 0 aliphatic heterocycles. The molecule has 100 valence electrons. The predicted molar refractivity (Wildman–Crippen MR) is 74.3 cm³/mol. The lowest BCUT2D eigenvalue weighted by molar-refractivity contribution is -0.384. The first kappa shape index (κ1) is 14.1. The van der Waals surface area contributed by atoms with Crippen LogP contribution in [-0.4, -0.2) is 4.92 Å². The zero-order chi connectivity index (χ0) is 14.7. The number of nitro groups is 1. The van der Waals surface area contributed by atoms with E-state index in [1.54, 1.807) is 12.1 Å². The minimum atomic E-state index is -0.563. The van der Waals surface area contributed by atoms with Gasteiger partial charge in [-0.1, -0.05) is 29.3 Å². The number of hydrogen-bond donors (Lipinski definition) is 0. The Morgan fingerprint density at radius 1 is 1.15 bits per heavy atom. The molecule has 0 saturated carbocycles. The molecule has 0 aliphatic carbocycles. The lowest BCUT2D eigenvalue weighted by atomic mass is 10.2. The van der Waals surface area contributed by atoms with E-state index >= 15 is 0 Å². The molecule has 0 radical (unpaired) electrons. The number of rotatable bonds is 3. The fourth-order valence-electron chi connectivity index (χ4n) is 1.50. The minimum Gasteiger partial charge on any atom is -0.454 e. The first-order chi connectivity index (χ1) is 9.52. The maximum Gasteiger partial charge on any atom is 0.273 e. The van der Waals surface area contributed by atoms with Crippen molar-refractivity contribution in [3.05, 3.63) is 62.1 Å². The lowest BCUT2D eigenvalue weighted by Crippen LogP contribution is -1.92. The van der Waals surface area contributed by atoms with Crippen LogP contribution in [0.3, 0.4) is 0 Å². The van der Waals surface area contributed by atoms with Crippen LogP contribution in [-0.2, 0) is 0 Å². The molecule has 0 spiro atoms. The monoisotopic (exact) mass is 308 g/mol. The van der Waals surface area contributed by atoms with Crippen molar-refractivity contribution in [3.8, 4) is 17.6 Å². The number of halogens is 2. The number of ether oxygens (including phenoxy) is 1. The quantitative estimate of drug-likeness (QED) is 0.615. The molecule has 0 unspecified atom stereocenters. The van der Waals surface area contributed by atoms with Crippen molar-refractivity contribution in [3.63, 3.8) is 0 Å². The highest BCUT2D eigenvalue weighted by molar-refractivity contribution is 6.32. The van der Waals surface area contributed by atoms with Crippen molar-refractivity contribution < 1.29 is 9.66 Å². The summed E-state index contributed by atoms with van der Waals surface area (Å²) in [6, 6.07) is 10.4. The molecule has 2 aromatic rings. The number of nitrogens with zero attached hydrogens (tertiary/aromatic N) is 2. The second kappa shape index (κ2) is 5.78. The van der Waals surface area contributed by atoms with Crippen molar-refractivity contribution in [1.82, 2.24) is 0 Å². The molecule has 0 saturated heterocycles. The van der Waals surface area contributed by atoms with Gasteiger partial charge in [-0.3, -0.25) is 10.1 Å². The molecule has 0 N–H and O–H groups in total. The van der Waals surface area contributed by atoms with Crippen molar-refractivity contribution in [1.29, 1.82) is 5.26 Å². The van der Waals surface area contributed by atoms with Crippen LogP contribution >= 0.6 is 23.2 Å². The third kappa shape index (κ3) is 2.82. The van der Waals surface area contributed by atoms with E-state index in [0.29, 0.717) is 0 Å². The van der Waals surface area contributed by atoms with Crippen LogP contribution in [0.1, 0.15) is 5.56 Å². The van der Waals surface area contributed by atoms with Crippen molar-refractivity contribution in [2.75, 3.05) is 0 Å². The molecular weight excluding hydrogens is 303 g/mol. The molecule has 0 atom stereocenters. The van der Waals surface area contributed by atoms with E-state index in [4.69, 9.17) is 33.2 Å². The van der Waals surface area contributed by atoms with Gasteiger partial charge in [0.05, 0.1) is 21.0 Å². The molecule has 2 rings (SSSR count). The summed E-state index contributed by atoms with van der Waals surface area (Å²) in [5, 5.41) is 20.2. The molecule has 5 nitrogen and oxygen atoms in total. The largest absolute Gasteiger partial charge is 0.454 e. The summed E-state index contributed by atoms with van der Waals surface area (Å²) in [5.74, 6) is 0.266. The van der Waals surface area contributed by atoms with Gasteiger partial charge in [0.1, 0.15) is 17.4 Å². The maximum absolute atomic E-state index is 10.7. The average molecular weight is 309 g/mol. The first-order valence-corrected chi connectivity index (χ1v) is 6.09. The lowest BCUT2D eigenvalue weighted by Gasteiger charge is -2.09. The van der Waals surface area contributed by atoms with Gasteiger partial charge >= 0.3 is 0 Å². The molecule has 0 aromatic heterocycles. The van der Waals surface area contributed by atoms with Crippen molar-refractivity contribution >= 4 is 28.9 Å². The second-order valence-corrected chi connectivity index (χ2v) is 4.51. The molecule has 0 aliphatic rings. The number of nitro benzene ring substituents is 1.